The van der Waals surface area contributed by atoms with Gasteiger partial charge in [-0.05, 0) is 58.3 Å². The summed E-state index contributed by atoms with van der Waals surface area (Å²) in [6.45, 7) is 7.84. The van der Waals surface area contributed by atoms with Crippen LogP contribution in [0.2, 0.25) is 0 Å². The third-order valence-corrected chi connectivity index (χ3v) is 6.95. The van der Waals surface area contributed by atoms with Crippen LogP contribution in [0.25, 0.3) is 0 Å². The maximum Gasteiger partial charge on any atom is 0.245 e. The van der Waals surface area contributed by atoms with Crippen molar-refractivity contribution < 1.29 is 28.8 Å². The number of aliphatic imine (C=N–C) groups is 1. The largest absolute Gasteiger partial charge is 0.370 e. The van der Waals surface area contributed by atoms with Gasteiger partial charge in [0.25, 0.3) is 0 Å². The number of nitrogens with two attached hydrogens (primary N) is 2. The number of carbonyl (C=O) groups is 6. The minimum absolute atomic E-state index is 0.0920. The third kappa shape index (κ3) is 14.2. The predicted molar refractivity (Wildman–Crippen MR) is 162 cm³/mol. The summed E-state index contributed by atoms with van der Waals surface area (Å²) in [6.07, 6.45) is 4.04. The Morgan fingerprint density at radius 1 is 0.814 bits per heavy atom. The second-order valence-electron chi connectivity index (χ2n) is 10.7. The summed E-state index contributed by atoms with van der Waals surface area (Å²) in [6, 6.07) is -3.46. The first kappa shape index (κ1) is 37.1. The molecular weight excluding hydrogens is 558 g/mol. The van der Waals surface area contributed by atoms with Crippen LogP contribution in [0.1, 0.15) is 85.5 Å². The molecule has 4 atom stereocenters. The molecule has 43 heavy (non-hydrogen) atoms. The molecule has 1 saturated heterocycles. The van der Waals surface area contributed by atoms with Crippen LogP contribution in [-0.4, -0.2) is 96.6 Å². The number of guanidine groups is 1. The van der Waals surface area contributed by atoms with E-state index in [0.29, 0.717) is 64.6 Å². The first-order chi connectivity index (χ1) is 20.4. The number of nitrogens with one attached hydrogen (secondary N) is 5. The predicted octanol–water partition coefficient (Wildman–Crippen LogP) is -1.25. The lowest BCUT2D eigenvalue weighted by atomic mass is 10.0. The van der Waals surface area contributed by atoms with Gasteiger partial charge < -0.3 is 43.0 Å². The fourth-order valence-corrected chi connectivity index (χ4v) is 4.91. The van der Waals surface area contributed by atoms with Crippen LogP contribution in [-0.2, 0) is 28.8 Å². The van der Waals surface area contributed by atoms with E-state index in [1.165, 1.54) is 18.7 Å². The first-order valence-electron chi connectivity index (χ1n) is 15.2. The summed E-state index contributed by atoms with van der Waals surface area (Å²) in [4.78, 5) is 81.5. The molecule has 0 aromatic carbocycles. The highest BCUT2D eigenvalue weighted by atomic mass is 16.2. The molecule has 0 aliphatic carbocycles. The Morgan fingerprint density at radius 2 is 1.44 bits per heavy atom. The smallest absolute Gasteiger partial charge is 0.245 e. The number of hydrogen-bond acceptors (Lipinski definition) is 7. The van der Waals surface area contributed by atoms with Gasteiger partial charge in [-0.1, -0.05) is 13.3 Å². The summed E-state index contributed by atoms with van der Waals surface area (Å²) in [5, 5.41) is 13.6. The Morgan fingerprint density at radius 3 is 2.02 bits per heavy atom. The minimum Gasteiger partial charge on any atom is -0.370 e. The number of carbonyl (C=O) groups excluding carboxylic acids is 6. The number of likely N-dealkylation sites (tertiary alicyclic amines) is 1. The molecule has 6 amide bonds. The lowest BCUT2D eigenvalue weighted by Crippen LogP contribution is -2.58. The summed E-state index contributed by atoms with van der Waals surface area (Å²) in [7, 11) is 0. The van der Waals surface area contributed by atoms with Gasteiger partial charge in [-0.15, -0.1) is 0 Å². The van der Waals surface area contributed by atoms with E-state index < -0.39 is 41.9 Å². The Labute approximate surface area is 254 Å². The standard InChI is InChI=1S/C28H51N9O6/c1-5-11-20(34-19(4)39)24(40)35-21(12-7-8-15-32-18(3)38)25(41)36-22(13-9-16-33-28(29)30)27(43)37-17-10-14-23(37)26(42)31-6-2/h20-23H,5-17H2,1-4H3,(H,31,42)(H,32,38)(H,34,39)(H,35,40)(H,36,41)(H4,29,30,33)/t20-,21-,22-,23-/m0/s1. The molecule has 1 aliphatic heterocycles. The molecule has 1 rings (SSSR count). The van der Waals surface area contributed by atoms with Crippen LogP contribution in [0.15, 0.2) is 4.99 Å². The van der Waals surface area contributed by atoms with E-state index in [0.717, 1.165) is 0 Å². The fraction of sp³-hybridized carbons (Fsp3) is 0.750. The molecule has 0 bridgehead atoms. The van der Waals surface area contributed by atoms with Crippen molar-refractivity contribution in [2.75, 3.05) is 26.2 Å². The zero-order valence-electron chi connectivity index (χ0n) is 26.0. The maximum absolute atomic E-state index is 13.7. The van der Waals surface area contributed by atoms with Gasteiger partial charge in [-0.3, -0.25) is 33.8 Å². The third-order valence-electron chi connectivity index (χ3n) is 6.95. The van der Waals surface area contributed by atoms with Crippen LogP contribution in [0.4, 0.5) is 0 Å². The van der Waals surface area contributed by atoms with E-state index >= 15 is 0 Å². The van der Waals surface area contributed by atoms with E-state index in [9.17, 15) is 28.8 Å². The molecule has 9 N–H and O–H groups in total. The van der Waals surface area contributed by atoms with Crippen molar-refractivity contribution in [1.82, 2.24) is 31.5 Å². The van der Waals surface area contributed by atoms with Crippen molar-refractivity contribution in [2.45, 2.75) is 110 Å². The number of rotatable bonds is 19. The molecule has 244 valence electrons. The molecule has 15 nitrogen and oxygen atoms in total. The molecule has 15 heteroatoms. The van der Waals surface area contributed by atoms with Gasteiger partial charge in [0.1, 0.15) is 24.2 Å². The van der Waals surface area contributed by atoms with E-state index in [1.807, 2.05) is 6.92 Å². The van der Waals surface area contributed by atoms with E-state index in [4.69, 9.17) is 11.5 Å². The van der Waals surface area contributed by atoms with Crippen molar-refractivity contribution in [3.8, 4) is 0 Å². The van der Waals surface area contributed by atoms with E-state index in [-0.39, 0.29) is 43.1 Å². The average molecular weight is 610 g/mol. The molecule has 1 aliphatic rings. The number of unbranched alkanes of at least 4 members (excludes halogenated alkanes) is 1. The van der Waals surface area contributed by atoms with Gasteiger partial charge in [-0.2, -0.15) is 0 Å². The lowest BCUT2D eigenvalue weighted by molar-refractivity contribution is -0.142. The normalized spacial score (nSPS) is 16.3. The first-order valence-corrected chi connectivity index (χ1v) is 15.2. The average Bonchev–Trinajstić information content (AvgIpc) is 3.43. The molecule has 0 radical (unpaired) electrons. The summed E-state index contributed by atoms with van der Waals surface area (Å²) >= 11 is 0. The highest BCUT2D eigenvalue weighted by Gasteiger charge is 2.38. The minimum atomic E-state index is -1.01. The van der Waals surface area contributed by atoms with Gasteiger partial charge in [0, 0.05) is 40.0 Å². The molecule has 0 aromatic rings. The Hall–Kier alpha value is -3.91. The maximum atomic E-state index is 13.7. The molecular formula is C28H51N9O6. The van der Waals surface area contributed by atoms with Crippen molar-refractivity contribution in [1.29, 1.82) is 0 Å². The van der Waals surface area contributed by atoms with Crippen LogP contribution in [0, 0.1) is 0 Å². The number of hydrogen-bond donors (Lipinski definition) is 7. The van der Waals surface area contributed by atoms with Crippen LogP contribution in [0.5, 0.6) is 0 Å². The monoisotopic (exact) mass is 609 g/mol. The van der Waals surface area contributed by atoms with E-state index in [2.05, 4.69) is 31.6 Å². The fourth-order valence-electron chi connectivity index (χ4n) is 4.91. The van der Waals surface area contributed by atoms with Gasteiger partial charge in [0.15, 0.2) is 5.96 Å². The molecule has 1 heterocycles. The Kier molecular flexibility index (Phi) is 17.3. The number of nitrogens with zero attached hydrogens (tertiary/aromatic N) is 2. The Balaban J connectivity index is 3.17. The van der Waals surface area contributed by atoms with Crippen molar-refractivity contribution in [3.05, 3.63) is 0 Å². The van der Waals surface area contributed by atoms with Crippen LogP contribution >= 0.6 is 0 Å². The molecule has 1 fully saturated rings. The highest BCUT2D eigenvalue weighted by Crippen LogP contribution is 2.20. The van der Waals surface area contributed by atoms with E-state index in [1.54, 1.807) is 6.92 Å². The zero-order chi connectivity index (χ0) is 32.4. The molecule has 0 saturated carbocycles. The lowest BCUT2D eigenvalue weighted by Gasteiger charge is -2.30. The number of amides is 6. The second-order valence-corrected chi connectivity index (χ2v) is 10.7. The topological polar surface area (TPSA) is 230 Å². The molecule has 0 unspecified atom stereocenters. The quantitative estimate of drug-likeness (QED) is 0.0530. The second kappa shape index (κ2) is 20.1. The van der Waals surface area contributed by atoms with Gasteiger partial charge >= 0.3 is 0 Å². The highest BCUT2D eigenvalue weighted by molar-refractivity contribution is 5.95. The SMILES string of the molecule is CCC[C@H](NC(C)=O)C(=O)N[C@@H](CCCCNC(C)=O)C(=O)N[C@@H](CCCN=C(N)N)C(=O)N1CCC[C@H]1C(=O)NCC. The number of likely N-dealkylation sites (N-methyl/N-ethyl adjacent to an activating group) is 1. The van der Waals surface area contributed by atoms with Gasteiger partial charge in [0.2, 0.25) is 35.4 Å². The van der Waals surface area contributed by atoms with Crippen LogP contribution in [0.3, 0.4) is 0 Å². The summed E-state index contributed by atoms with van der Waals surface area (Å²) in [5.74, 6) is -2.36. The van der Waals surface area contributed by atoms with Crippen molar-refractivity contribution in [3.63, 3.8) is 0 Å². The van der Waals surface area contributed by atoms with Gasteiger partial charge in [0.05, 0.1) is 0 Å². The van der Waals surface area contributed by atoms with Gasteiger partial charge in [-0.25, -0.2) is 0 Å². The summed E-state index contributed by atoms with van der Waals surface area (Å²) < 4.78 is 0. The molecule has 0 spiro atoms. The molecule has 0 aromatic heterocycles. The summed E-state index contributed by atoms with van der Waals surface area (Å²) in [5.41, 5.74) is 10.8. The zero-order valence-corrected chi connectivity index (χ0v) is 26.0. The van der Waals surface area contributed by atoms with Crippen LogP contribution < -0.4 is 38.1 Å². The Bertz CT molecular complexity index is 986. The van der Waals surface area contributed by atoms with Crippen molar-refractivity contribution >= 4 is 41.4 Å². The van der Waals surface area contributed by atoms with Crippen molar-refractivity contribution in [2.24, 2.45) is 16.5 Å².